The van der Waals surface area contributed by atoms with Gasteiger partial charge in [-0.3, -0.25) is 9.59 Å². The lowest BCUT2D eigenvalue weighted by atomic mass is 10.0. The summed E-state index contributed by atoms with van der Waals surface area (Å²) in [6, 6.07) is 0. The van der Waals surface area contributed by atoms with Gasteiger partial charge in [-0.15, -0.1) is 0 Å². The van der Waals surface area contributed by atoms with Crippen LogP contribution in [0.25, 0.3) is 0 Å². The molecule has 0 saturated heterocycles. The molecule has 1 N–H and O–H groups in total. The zero-order chi connectivity index (χ0) is 52.0. The molecule has 408 valence electrons. The number of aliphatic hydroxyl groups excluding tert-OH is 1. The molecule has 0 aromatic heterocycles. The molecular weight excluding hydrogens is 885 g/mol. The van der Waals surface area contributed by atoms with Crippen molar-refractivity contribution in [2.45, 2.75) is 264 Å². The number of rotatable bonds is 53. The van der Waals surface area contributed by atoms with E-state index in [0.29, 0.717) is 12.8 Å². The van der Waals surface area contributed by atoms with E-state index in [4.69, 9.17) is 9.47 Å². The molecule has 1 unspecified atom stereocenters. The largest absolute Gasteiger partial charge is 0.462 e. The van der Waals surface area contributed by atoms with Gasteiger partial charge >= 0.3 is 11.9 Å². The Bertz CT molecular complexity index is 1500. The van der Waals surface area contributed by atoms with E-state index >= 15 is 0 Å². The molecule has 0 rings (SSSR count). The molecule has 0 aliphatic carbocycles. The molecule has 5 heteroatoms. The van der Waals surface area contributed by atoms with E-state index < -0.39 is 6.10 Å². The van der Waals surface area contributed by atoms with E-state index in [1.807, 2.05) is 0 Å². The predicted molar refractivity (Wildman–Crippen MR) is 315 cm³/mol. The van der Waals surface area contributed by atoms with Crippen molar-refractivity contribution in [3.05, 3.63) is 134 Å². The Kier molecular flexibility index (Phi) is 58.0. The first kappa shape index (κ1) is 68.0. The van der Waals surface area contributed by atoms with E-state index in [1.54, 1.807) is 0 Å². The molecule has 72 heavy (non-hydrogen) atoms. The number of carbonyl (C=O) groups is 2. The predicted octanol–water partition coefficient (Wildman–Crippen LogP) is 20.4. The summed E-state index contributed by atoms with van der Waals surface area (Å²) in [6.45, 7) is 3.88. The normalized spacial score (nSPS) is 13.2. The molecule has 0 radical (unpaired) electrons. The molecule has 0 saturated carbocycles. The molecule has 0 heterocycles. The molecule has 0 amide bonds. The van der Waals surface area contributed by atoms with Crippen molar-refractivity contribution in [2.75, 3.05) is 13.2 Å². The summed E-state index contributed by atoms with van der Waals surface area (Å²) in [7, 11) is 0. The maximum Gasteiger partial charge on any atom is 0.306 e. The number of esters is 2. The lowest BCUT2D eigenvalue weighted by Crippen LogP contribution is -2.28. The van der Waals surface area contributed by atoms with Crippen LogP contribution in [0.15, 0.2) is 134 Å². The Morgan fingerprint density at radius 2 is 0.556 bits per heavy atom. The minimum Gasteiger partial charge on any atom is -0.462 e. The van der Waals surface area contributed by atoms with E-state index in [0.717, 1.165) is 109 Å². The maximum atomic E-state index is 12.3. The second-order valence-electron chi connectivity index (χ2n) is 19.3. The van der Waals surface area contributed by atoms with Gasteiger partial charge in [-0.2, -0.15) is 0 Å². The third-order valence-electron chi connectivity index (χ3n) is 12.4. The van der Waals surface area contributed by atoms with Crippen LogP contribution >= 0.6 is 0 Å². The Balaban J connectivity index is 3.51. The van der Waals surface area contributed by atoms with Gasteiger partial charge in [0.05, 0.1) is 6.61 Å². The zero-order valence-corrected chi connectivity index (χ0v) is 46.6. The summed E-state index contributed by atoms with van der Waals surface area (Å²) in [6.07, 6.45) is 91.6. The number of aliphatic hydroxyl groups is 1. The lowest BCUT2D eigenvalue weighted by Gasteiger charge is -2.15. The molecule has 0 aliphatic rings. The first-order chi connectivity index (χ1) is 35.6. The number of hydrogen-bond acceptors (Lipinski definition) is 5. The standard InChI is InChI=1S/C67H110O5/c1-3-5-7-9-11-13-15-17-19-21-23-25-26-27-28-29-30-31-32-33-34-35-36-37-38-39-40-42-43-45-47-49-51-53-55-57-59-61-66(69)71-64-65(63-68)72-67(70)62-60-58-56-54-52-50-48-46-44-41-24-22-20-18-16-14-12-10-8-6-4-2/h5-8,11-14,17-20,23-25,27-28,41,46,48,52,54,65,68H,3-4,9-10,15-16,21-22,26,29-40,42-45,47,49-51,53,55-64H2,1-2H3/b7-5-,8-6-,13-11-,14-12-,19-17-,20-18-,25-23-,28-27-,41-24-,48-46-,54-52-. The van der Waals surface area contributed by atoms with Crippen molar-refractivity contribution in [3.8, 4) is 0 Å². The van der Waals surface area contributed by atoms with Gasteiger partial charge < -0.3 is 14.6 Å². The van der Waals surface area contributed by atoms with Crippen LogP contribution in [-0.4, -0.2) is 36.4 Å². The van der Waals surface area contributed by atoms with Gasteiger partial charge in [-0.25, -0.2) is 0 Å². The van der Waals surface area contributed by atoms with Crippen molar-refractivity contribution in [3.63, 3.8) is 0 Å². The molecule has 0 bridgehead atoms. The van der Waals surface area contributed by atoms with Crippen molar-refractivity contribution in [1.82, 2.24) is 0 Å². The number of hydrogen-bond donors (Lipinski definition) is 1. The van der Waals surface area contributed by atoms with Crippen LogP contribution in [0.4, 0.5) is 0 Å². The molecule has 0 spiro atoms. The minimum atomic E-state index is -0.803. The Labute approximate surface area is 445 Å². The summed E-state index contributed by atoms with van der Waals surface area (Å²) in [5, 5.41) is 9.65. The third-order valence-corrected chi connectivity index (χ3v) is 12.4. The van der Waals surface area contributed by atoms with Crippen LogP contribution in [-0.2, 0) is 19.1 Å². The Morgan fingerprint density at radius 1 is 0.319 bits per heavy atom. The highest BCUT2D eigenvalue weighted by Crippen LogP contribution is 2.16. The van der Waals surface area contributed by atoms with Crippen molar-refractivity contribution in [1.29, 1.82) is 0 Å². The number of carbonyl (C=O) groups excluding carboxylic acids is 2. The Morgan fingerprint density at radius 3 is 0.861 bits per heavy atom. The first-order valence-electron chi connectivity index (χ1n) is 29.7. The SMILES string of the molecule is CC/C=C\C/C=C\C/C=C\C/C=C\C/C=C\C/C=C\CCCCC(=O)OC(CO)COC(=O)CCCCCCCCCCCCCCCCCCCCCCC/C=C\C/C=C\C/C=C\C/C=C\C/C=C\CC. The highest BCUT2D eigenvalue weighted by atomic mass is 16.6. The second-order valence-corrected chi connectivity index (χ2v) is 19.3. The van der Waals surface area contributed by atoms with Gasteiger partial charge in [0.15, 0.2) is 6.10 Å². The third kappa shape index (κ3) is 58.6. The summed E-state index contributed by atoms with van der Waals surface area (Å²) in [5.41, 5.74) is 0. The van der Waals surface area contributed by atoms with Crippen LogP contribution in [0, 0.1) is 0 Å². The molecule has 0 fully saturated rings. The van der Waals surface area contributed by atoms with E-state index in [1.165, 1.54) is 122 Å². The van der Waals surface area contributed by atoms with Crippen LogP contribution in [0.5, 0.6) is 0 Å². The summed E-state index contributed by atoms with van der Waals surface area (Å²) in [5.74, 6) is -0.642. The van der Waals surface area contributed by atoms with Gasteiger partial charge in [0, 0.05) is 12.8 Å². The number of allylic oxidation sites excluding steroid dienone is 22. The summed E-state index contributed by atoms with van der Waals surface area (Å²) >= 11 is 0. The second kappa shape index (κ2) is 61.3. The smallest absolute Gasteiger partial charge is 0.306 e. The van der Waals surface area contributed by atoms with E-state index in [9.17, 15) is 14.7 Å². The van der Waals surface area contributed by atoms with Crippen LogP contribution in [0.2, 0.25) is 0 Å². The quantitative estimate of drug-likeness (QED) is 0.0373. The molecule has 0 aromatic rings. The van der Waals surface area contributed by atoms with Gasteiger partial charge in [-0.05, 0) is 109 Å². The highest BCUT2D eigenvalue weighted by Gasteiger charge is 2.16. The van der Waals surface area contributed by atoms with Crippen molar-refractivity contribution < 1.29 is 24.2 Å². The zero-order valence-electron chi connectivity index (χ0n) is 46.6. The highest BCUT2D eigenvalue weighted by molar-refractivity contribution is 5.70. The number of ether oxygens (including phenoxy) is 2. The summed E-state index contributed by atoms with van der Waals surface area (Å²) in [4.78, 5) is 24.5. The fraction of sp³-hybridized carbons (Fsp3) is 0.642. The van der Waals surface area contributed by atoms with E-state index in [2.05, 4.69) is 148 Å². The number of unbranched alkanes of at least 4 members (excludes halogenated alkanes) is 23. The first-order valence-corrected chi connectivity index (χ1v) is 29.7. The molecule has 0 aromatic carbocycles. The average molecular weight is 996 g/mol. The topological polar surface area (TPSA) is 72.8 Å². The lowest BCUT2D eigenvalue weighted by molar-refractivity contribution is -0.161. The monoisotopic (exact) mass is 995 g/mol. The molecule has 0 aliphatic heterocycles. The Hall–Kier alpha value is -3.96. The molecule has 1 atom stereocenters. The van der Waals surface area contributed by atoms with Crippen LogP contribution < -0.4 is 0 Å². The maximum absolute atomic E-state index is 12.3. The van der Waals surface area contributed by atoms with Crippen molar-refractivity contribution in [2.24, 2.45) is 0 Å². The van der Waals surface area contributed by atoms with Gasteiger partial charge in [0.25, 0.3) is 0 Å². The molecule has 5 nitrogen and oxygen atoms in total. The fourth-order valence-electron chi connectivity index (χ4n) is 8.06. The van der Waals surface area contributed by atoms with Gasteiger partial charge in [0.1, 0.15) is 6.61 Å². The average Bonchev–Trinajstić information content (AvgIpc) is 3.38. The van der Waals surface area contributed by atoms with Gasteiger partial charge in [0.2, 0.25) is 0 Å². The van der Waals surface area contributed by atoms with E-state index in [-0.39, 0.29) is 25.2 Å². The van der Waals surface area contributed by atoms with Crippen LogP contribution in [0.3, 0.4) is 0 Å². The minimum absolute atomic E-state index is 0.0887. The van der Waals surface area contributed by atoms with Crippen molar-refractivity contribution >= 4 is 11.9 Å². The summed E-state index contributed by atoms with van der Waals surface area (Å²) < 4.78 is 10.7. The molecular formula is C67H110O5. The fourth-order valence-corrected chi connectivity index (χ4v) is 8.06. The van der Waals surface area contributed by atoms with Crippen LogP contribution in [0.1, 0.15) is 258 Å². The van der Waals surface area contributed by atoms with Gasteiger partial charge in [-0.1, -0.05) is 270 Å².